The van der Waals surface area contributed by atoms with Gasteiger partial charge in [-0.1, -0.05) is 0 Å². The van der Waals surface area contributed by atoms with Gasteiger partial charge in [0.25, 0.3) is 0 Å². The second-order valence-electron chi connectivity index (χ2n) is 1.15. The van der Waals surface area contributed by atoms with Crippen LogP contribution in [0.25, 0.3) is 0 Å². The minimum atomic E-state index is -0.449. The Bertz CT molecular complexity index is 65.7. The van der Waals surface area contributed by atoms with E-state index in [4.69, 9.17) is 5.11 Å². The summed E-state index contributed by atoms with van der Waals surface area (Å²) < 4.78 is 0. The molecule has 8 heavy (non-hydrogen) atoms. The maximum atomic E-state index is 10.2. The van der Waals surface area contributed by atoms with Crippen LogP contribution in [0.1, 0.15) is 6.42 Å². The first kappa shape index (κ1) is 7.39. The van der Waals surface area contributed by atoms with Gasteiger partial charge in [0.15, 0.2) is 0 Å². The highest BCUT2D eigenvalue weighted by atomic mass is 16.7. The van der Waals surface area contributed by atoms with Gasteiger partial charge in [0, 0.05) is 7.05 Å². The Morgan fingerprint density at radius 2 is 2.50 bits per heavy atom. The van der Waals surface area contributed by atoms with Crippen LogP contribution in [0.15, 0.2) is 0 Å². The van der Waals surface area contributed by atoms with E-state index >= 15 is 0 Å². The van der Waals surface area contributed by atoms with Gasteiger partial charge >= 0.3 is 5.97 Å². The number of aliphatic hydroxyl groups excluding tert-OH is 1. The number of rotatable bonds is 3. The van der Waals surface area contributed by atoms with Gasteiger partial charge < -0.3 is 9.94 Å². The summed E-state index contributed by atoms with van der Waals surface area (Å²) in [5.74, 6) is -0.449. The summed E-state index contributed by atoms with van der Waals surface area (Å²) in [6, 6.07) is 0. The molecule has 0 unspecified atom stereocenters. The van der Waals surface area contributed by atoms with Gasteiger partial charge in [0.2, 0.25) is 0 Å². The topological polar surface area (TPSA) is 58.6 Å². The number of aliphatic hydroxyl groups is 1. The molecule has 0 aromatic rings. The normalized spacial score (nSPS) is 8.75. The highest BCUT2D eigenvalue weighted by Crippen LogP contribution is 1.78. The molecule has 0 heterocycles. The molecule has 0 aliphatic carbocycles. The molecule has 0 saturated heterocycles. The Balaban J connectivity index is 3.06. The molecule has 4 nitrogen and oxygen atoms in total. The number of hydrogen-bond acceptors (Lipinski definition) is 4. The second kappa shape index (κ2) is 4.55. The van der Waals surface area contributed by atoms with Crippen LogP contribution in [0.2, 0.25) is 0 Å². The zero-order valence-corrected chi connectivity index (χ0v) is 4.68. The van der Waals surface area contributed by atoms with Gasteiger partial charge in [-0.25, -0.2) is 0 Å². The van der Waals surface area contributed by atoms with E-state index < -0.39 is 5.97 Å². The molecule has 0 aromatic carbocycles. The molecule has 0 spiro atoms. The van der Waals surface area contributed by atoms with Gasteiger partial charge in [0.05, 0.1) is 13.0 Å². The summed E-state index contributed by atoms with van der Waals surface area (Å²) in [6.45, 7) is -0.166. The maximum absolute atomic E-state index is 10.2. The molecular formula is C4H9NO3. The van der Waals surface area contributed by atoms with E-state index in [1.54, 1.807) is 0 Å². The van der Waals surface area contributed by atoms with Crippen LogP contribution in [0.3, 0.4) is 0 Å². The van der Waals surface area contributed by atoms with E-state index in [2.05, 4.69) is 10.3 Å². The fraction of sp³-hybridized carbons (Fsp3) is 0.750. The number of carbonyl (C=O) groups excluding carboxylic acids is 1. The molecule has 4 heteroatoms. The standard InChI is InChI=1S/C4H9NO3/c1-5-8-4(7)2-3-6/h5-6H,2-3H2,1H3. The fourth-order valence-corrected chi connectivity index (χ4v) is 0.256. The van der Waals surface area contributed by atoms with Gasteiger partial charge in [-0.15, -0.1) is 0 Å². The van der Waals surface area contributed by atoms with E-state index in [0.717, 1.165) is 0 Å². The van der Waals surface area contributed by atoms with Crippen LogP contribution >= 0.6 is 0 Å². The third-order valence-electron chi connectivity index (χ3n) is 0.532. The van der Waals surface area contributed by atoms with Crippen molar-refractivity contribution in [3.05, 3.63) is 0 Å². The quantitative estimate of drug-likeness (QED) is 0.470. The summed E-state index contributed by atoms with van der Waals surface area (Å²) in [4.78, 5) is 14.4. The van der Waals surface area contributed by atoms with Crippen molar-refractivity contribution in [3.8, 4) is 0 Å². The first-order valence-electron chi connectivity index (χ1n) is 2.28. The highest BCUT2D eigenvalue weighted by Gasteiger charge is 1.96. The number of hydrogen-bond donors (Lipinski definition) is 2. The molecule has 0 aromatic heterocycles. The van der Waals surface area contributed by atoms with Gasteiger partial charge in [0.1, 0.15) is 0 Å². The van der Waals surface area contributed by atoms with Crippen molar-refractivity contribution in [1.29, 1.82) is 0 Å². The Morgan fingerprint density at radius 3 is 2.88 bits per heavy atom. The summed E-state index contributed by atoms with van der Waals surface area (Å²) in [5.41, 5.74) is 2.19. The van der Waals surface area contributed by atoms with E-state index in [1.807, 2.05) is 0 Å². The van der Waals surface area contributed by atoms with Crippen LogP contribution in [-0.4, -0.2) is 24.7 Å². The number of hydroxylamine groups is 1. The summed E-state index contributed by atoms with van der Waals surface area (Å²) in [5, 5.41) is 8.13. The van der Waals surface area contributed by atoms with Crippen LogP contribution in [-0.2, 0) is 9.63 Å². The van der Waals surface area contributed by atoms with Crippen molar-refractivity contribution in [3.63, 3.8) is 0 Å². The molecule has 0 rings (SSSR count). The molecule has 0 radical (unpaired) electrons. The molecule has 0 fully saturated rings. The first-order chi connectivity index (χ1) is 3.81. The van der Waals surface area contributed by atoms with Gasteiger partial charge in [-0.2, -0.15) is 5.48 Å². The molecule has 0 amide bonds. The molecule has 0 aliphatic heterocycles. The molecule has 0 aliphatic rings. The summed E-state index contributed by atoms with van der Waals surface area (Å²) in [7, 11) is 1.48. The van der Waals surface area contributed by atoms with Crippen molar-refractivity contribution >= 4 is 5.97 Å². The maximum Gasteiger partial charge on any atom is 0.327 e. The fourth-order valence-electron chi connectivity index (χ4n) is 0.256. The highest BCUT2D eigenvalue weighted by molar-refractivity contribution is 5.68. The van der Waals surface area contributed by atoms with E-state index in [1.165, 1.54) is 7.05 Å². The van der Waals surface area contributed by atoms with E-state index in [0.29, 0.717) is 0 Å². The van der Waals surface area contributed by atoms with Crippen molar-refractivity contribution in [2.45, 2.75) is 6.42 Å². The molecular weight excluding hydrogens is 110 g/mol. The Hall–Kier alpha value is -0.610. The molecule has 48 valence electrons. The van der Waals surface area contributed by atoms with Crippen molar-refractivity contribution in [2.75, 3.05) is 13.7 Å². The predicted octanol–water partition coefficient (Wildman–Crippen LogP) is -0.954. The second-order valence-corrected chi connectivity index (χ2v) is 1.15. The number of nitrogens with one attached hydrogen (secondary N) is 1. The SMILES string of the molecule is CNOC(=O)CCO. The third kappa shape index (κ3) is 3.58. The summed E-state index contributed by atoms with van der Waals surface area (Å²) >= 11 is 0. The lowest BCUT2D eigenvalue weighted by molar-refractivity contribution is -0.150. The third-order valence-corrected chi connectivity index (χ3v) is 0.532. The zero-order chi connectivity index (χ0) is 6.41. The smallest absolute Gasteiger partial charge is 0.327 e. The lowest BCUT2D eigenvalue weighted by Gasteiger charge is -1.96. The molecule has 2 N–H and O–H groups in total. The van der Waals surface area contributed by atoms with Gasteiger partial charge in [-0.05, 0) is 0 Å². The first-order valence-corrected chi connectivity index (χ1v) is 2.28. The minimum Gasteiger partial charge on any atom is -0.396 e. The lowest BCUT2D eigenvalue weighted by atomic mass is 10.5. The van der Waals surface area contributed by atoms with Crippen LogP contribution in [0, 0.1) is 0 Å². The van der Waals surface area contributed by atoms with E-state index in [9.17, 15) is 4.79 Å². The zero-order valence-electron chi connectivity index (χ0n) is 4.68. The largest absolute Gasteiger partial charge is 0.396 e. The predicted molar refractivity (Wildman–Crippen MR) is 26.9 cm³/mol. The van der Waals surface area contributed by atoms with Crippen molar-refractivity contribution < 1.29 is 14.7 Å². The Labute approximate surface area is 47.4 Å². The molecule has 0 atom stereocenters. The Kier molecular flexibility index (Phi) is 4.20. The van der Waals surface area contributed by atoms with Crippen LogP contribution < -0.4 is 5.48 Å². The number of carbonyl (C=O) groups is 1. The average Bonchev–Trinajstić information content (AvgIpc) is 1.68. The Morgan fingerprint density at radius 1 is 1.88 bits per heavy atom. The van der Waals surface area contributed by atoms with Gasteiger partial charge in [-0.3, -0.25) is 4.79 Å². The van der Waals surface area contributed by atoms with Crippen LogP contribution in [0.5, 0.6) is 0 Å². The summed E-state index contributed by atoms with van der Waals surface area (Å²) in [6.07, 6.45) is 0.0425. The molecule has 0 saturated carbocycles. The average molecular weight is 119 g/mol. The van der Waals surface area contributed by atoms with Crippen molar-refractivity contribution in [1.82, 2.24) is 5.48 Å². The van der Waals surface area contributed by atoms with Crippen LogP contribution in [0.4, 0.5) is 0 Å². The molecule has 0 bridgehead atoms. The monoisotopic (exact) mass is 119 g/mol. The van der Waals surface area contributed by atoms with E-state index in [-0.39, 0.29) is 13.0 Å². The minimum absolute atomic E-state index is 0.0425. The lowest BCUT2D eigenvalue weighted by Crippen LogP contribution is -2.15. The van der Waals surface area contributed by atoms with Crippen molar-refractivity contribution in [2.24, 2.45) is 0 Å².